The number of esters is 1. The van der Waals surface area contributed by atoms with Crippen LogP contribution in [0.2, 0.25) is 0 Å². The van der Waals surface area contributed by atoms with Gasteiger partial charge in [-0.3, -0.25) is 30.0 Å². The summed E-state index contributed by atoms with van der Waals surface area (Å²) in [4.78, 5) is 39.2. The van der Waals surface area contributed by atoms with Gasteiger partial charge in [0, 0.05) is 30.1 Å². The molecule has 0 bridgehead atoms. The zero-order valence-corrected chi connectivity index (χ0v) is 13.8. The number of rotatable bonds is 5. The fourth-order valence-corrected chi connectivity index (χ4v) is 2.82. The van der Waals surface area contributed by atoms with E-state index in [1.165, 1.54) is 37.7 Å². The van der Waals surface area contributed by atoms with Crippen LogP contribution in [-0.2, 0) is 9.53 Å². The average molecular weight is 353 g/mol. The third-order valence-electron chi connectivity index (χ3n) is 4.08. The van der Waals surface area contributed by atoms with Crippen molar-refractivity contribution in [3.05, 3.63) is 76.1 Å². The molecule has 1 N–H and O–H groups in total. The van der Waals surface area contributed by atoms with Crippen LogP contribution in [0.4, 0.5) is 5.69 Å². The number of hydrogen-bond donors (Lipinski definition) is 1. The normalized spacial score (nSPS) is 18.9. The fourth-order valence-electron chi connectivity index (χ4n) is 2.82. The van der Waals surface area contributed by atoms with E-state index in [9.17, 15) is 19.7 Å². The molecule has 8 nitrogen and oxygen atoms in total. The van der Waals surface area contributed by atoms with Gasteiger partial charge in [-0.25, -0.2) is 0 Å². The summed E-state index contributed by atoms with van der Waals surface area (Å²) in [6.45, 7) is 0. The molecule has 1 aromatic heterocycles. The number of benzene rings is 1. The minimum atomic E-state index is -0.830. The Morgan fingerprint density at radius 3 is 2.62 bits per heavy atom. The minimum absolute atomic E-state index is 0.0972. The SMILES string of the molecule is COC(=O)[C@@H]1C=C(c2cccc([N+](=O)[O-])c2)[C@@H](C(=O)c2ccncc2)N1. The van der Waals surface area contributed by atoms with Crippen LogP contribution >= 0.6 is 0 Å². The van der Waals surface area contributed by atoms with Crippen molar-refractivity contribution in [3.63, 3.8) is 0 Å². The molecule has 1 aromatic carbocycles. The van der Waals surface area contributed by atoms with Crippen LogP contribution in [0.5, 0.6) is 0 Å². The molecule has 0 saturated heterocycles. The Morgan fingerprint density at radius 2 is 1.96 bits per heavy atom. The van der Waals surface area contributed by atoms with Crippen molar-refractivity contribution in [2.45, 2.75) is 12.1 Å². The zero-order valence-electron chi connectivity index (χ0n) is 13.8. The molecule has 1 aliphatic heterocycles. The predicted molar refractivity (Wildman–Crippen MR) is 92.4 cm³/mol. The first-order valence-electron chi connectivity index (χ1n) is 7.76. The lowest BCUT2D eigenvalue weighted by Crippen LogP contribution is -2.41. The lowest BCUT2D eigenvalue weighted by Gasteiger charge is -2.16. The number of ketones is 1. The number of non-ortho nitro benzene ring substituents is 1. The molecule has 0 amide bonds. The third kappa shape index (κ3) is 3.35. The minimum Gasteiger partial charge on any atom is -0.468 e. The van der Waals surface area contributed by atoms with E-state index >= 15 is 0 Å². The van der Waals surface area contributed by atoms with Gasteiger partial charge in [0.15, 0.2) is 5.78 Å². The van der Waals surface area contributed by atoms with E-state index in [0.29, 0.717) is 16.7 Å². The van der Waals surface area contributed by atoms with Crippen LogP contribution in [0.25, 0.3) is 5.57 Å². The number of nitrogens with one attached hydrogen (secondary N) is 1. The number of Topliss-reactive ketones (excluding diaryl/α,β-unsaturated/α-hetero) is 1. The third-order valence-corrected chi connectivity index (χ3v) is 4.08. The molecular weight excluding hydrogens is 338 g/mol. The summed E-state index contributed by atoms with van der Waals surface area (Å²) in [6, 6.07) is 7.43. The second-order valence-corrected chi connectivity index (χ2v) is 5.63. The van der Waals surface area contributed by atoms with Crippen LogP contribution in [0, 0.1) is 10.1 Å². The molecule has 0 unspecified atom stereocenters. The quantitative estimate of drug-likeness (QED) is 0.377. The van der Waals surface area contributed by atoms with E-state index in [1.54, 1.807) is 24.3 Å². The van der Waals surface area contributed by atoms with Crippen molar-refractivity contribution in [1.82, 2.24) is 10.3 Å². The molecular formula is C18H15N3O5. The Labute approximate surface area is 148 Å². The van der Waals surface area contributed by atoms with Gasteiger partial charge >= 0.3 is 5.97 Å². The number of hydrogen-bond acceptors (Lipinski definition) is 7. The van der Waals surface area contributed by atoms with Crippen molar-refractivity contribution in [2.75, 3.05) is 7.11 Å². The maximum Gasteiger partial charge on any atom is 0.326 e. The van der Waals surface area contributed by atoms with Gasteiger partial charge in [-0.1, -0.05) is 18.2 Å². The second-order valence-electron chi connectivity index (χ2n) is 5.63. The number of carbonyl (C=O) groups is 2. The molecule has 0 saturated carbocycles. The maximum atomic E-state index is 12.9. The topological polar surface area (TPSA) is 111 Å². The largest absolute Gasteiger partial charge is 0.468 e. The van der Waals surface area contributed by atoms with E-state index in [-0.39, 0.29) is 11.5 Å². The number of nitro groups is 1. The Balaban J connectivity index is 2.02. The number of aromatic nitrogens is 1. The van der Waals surface area contributed by atoms with Crippen LogP contribution in [-0.4, -0.2) is 40.9 Å². The Kier molecular flexibility index (Phi) is 4.85. The molecule has 2 heterocycles. The highest BCUT2D eigenvalue weighted by Gasteiger charge is 2.36. The van der Waals surface area contributed by atoms with Gasteiger partial charge in [0.05, 0.1) is 18.1 Å². The zero-order chi connectivity index (χ0) is 18.7. The number of pyridine rings is 1. The first-order valence-corrected chi connectivity index (χ1v) is 7.76. The second kappa shape index (κ2) is 7.24. The summed E-state index contributed by atoms with van der Waals surface area (Å²) in [6.07, 6.45) is 4.56. The van der Waals surface area contributed by atoms with Crippen molar-refractivity contribution in [3.8, 4) is 0 Å². The highest BCUT2D eigenvalue weighted by atomic mass is 16.6. The van der Waals surface area contributed by atoms with Crippen LogP contribution in [0.3, 0.4) is 0 Å². The van der Waals surface area contributed by atoms with Gasteiger partial charge in [-0.2, -0.15) is 0 Å². The van der Waals surface area contributed by atoms with Crippen LogP contribution in [0.1, 0.15) is 15.9 Å². The molecule has 2 atom stereocenters. The Bertz CT molecular complexity index is 895. The summed E-state index contributed by atoms with van der Waals surface area (Å²) in [5, 5.41) is 14.0. The molecule has 1 aliphatic rings. The fraction of sp³-hybridized carbons (Fsp3) is 0.167. The number of ether oxygens (including phenoxy) is 1. The van der Waals surface area contributed by atoms with Crippen molar-refractivity contribution in [1.29, 1.82) is 0 Å². The van der Waals surface area contributed by atoms with Gasteiger partial charge in [-0.15, -0.1) is 0 Å². The smallest absolute Gasteiger partial charge is 0.326 e. The van der Waals surface area contributed by atoms with E-state index in [1.807, 2.05) is 0 Å². The summed E-state index contributed by atoms with van der Waals surface area (Å²) < 4.78 is 4.74. The maximum absolute atomic E-state index is 12.9. The lowest BCUT2D eigenvalue weighted by atomic mass is 9.94. The van der Waals surface area contributed by atoms with E-state index in [2.05, 4.69) is 10.3 Å². The monoisotopic (exact) mass is 353 g/mol. The molecule has 2 aromatic rings. The van der Waals surface area contributed by atoms with Crippen molar-refractivity contribution < 1.29 is 19.2 Å². The molecule has 0 spiro atoms. The van der Waals surface area contributed by atoms with Gasteiger partial charge in [0.1, 0.15) is 6.04 Å². The van der Waals surface area contributed by atoms with Gasteiger partial charge in [0.2, 0.25) is 0 Å². The molecule has 0 radical (unpaired) electrons. The first kappa shape index (κ1) is 17.4. The predicted octanol–water partition coefficient (Wildman–Crippen LogP) is 1.77. The van der Waals surface area contributed by atoms with E-state index < -0.39 is 23.0 Å². The van der Waals surface area contributed by atoms with Crippen LogP contribution in [0.15, 0.2) is 54.9 Å². The van der Waals surface area contributed by atoms with Crippen LogP contribution < -0.4 is 5.32 Å². The number of carbonyl (C=O) groups excluding carboxylic acids is 2. The standard InChI is InChI=1S/C18H15N3O5/c1-26-18(23)15-10-14(12-3-2-4-13(9-12)21(24)25)16(20-15)17(22)11-5-7-19-8-6-11/h2-10,15-16,20H,1H3/t15-,16-/m0/s1. The van der Waals surface area contributed by atoms with E-state index in [0.717, 1.165) is 0 Å². The highest BCUT2D eigenvalue weighted by Crippen LogP contribution is 2.29. The Hall–Kier alpha value is -3.39. The molecule has 0 aliphatic carbocycles. The molecule has 26 heavy (non-hydrogen) atoms. The highest BCUT2D eigenvalue weighted by molar-refractivity contribution is 6.09. The van der Waals surface area contributed by atoms with E-state index in [4.69, 9.17) is 4.74 Å². The Morgan fingerprint density at radius 1 is 1.23 bits per heavy atom. The first-order chi connectivity index (χ1) is 12.5. The number of nitro benzene ring substituents is 1. The van der Waals surface area contributed by atoms with Crippen molar-refractivity contribution >= 4 is 23.0 Å². The molecule has 132 valence electrons. The van der Waals surface area contributed by atoms with Crippen molar-refractivity contribution in [2.24, 2.45) is 0 Å². The molecule has 0 fully saturated rings. The lowest BCUT2D eigenvalue weighted by molar-refractivity contribution is -0.384. The summed E-state index contributed by atoms with van der Waals surface area (Å²) in [7, 11) is 1.25. The number of nitrogens with zero attached hydrogens (tertiary/aromatic N) is 2. The van der Waals surface area contributed by atoms with Gasteiger partial charge in [-0.05, 0) is 23.3 Å². The number of methoxy groups -OCH3 is 1. The summed E-state index contributed by atoms with van der Waals surface area (Å²) in [5.41, 5.74) is 1.30. The molecule has 3 rings (SSSR count). The molecule has 8 heteroatoms. The summed E-state index contributed by atoms with van der Waals surface area (Å²) >= 11 is 0. The van der Waals surface area contributed by atoms with Gasteiger partial charge < -0.3 is 4.74 Å². The average Bonchev–Trinajstić information content (AvgIpc) is 3.13. The van der Waals surface area contributed by atoms with Gasteiger partial charge in [0.25, 0.3) is 5.69 Å². The summed E-state index contributed by atoms with van der Waals surface area (Å²) in [5.74, 6) is -0.811.